The highest BCUT2D eigenvalue weighted by atomic mass is 35.5. The van der Waals surface area contributed by atoms with Crippen LogP contribution in [0, 0.1) is 6.92 Å². The van der Waals surface area contributed by atoms with Crippen LogP contribution in [-0.2, 0) is 14.3 Å². The van der Waals surface area contributed by atoms with Crippen molar-refractivity contribution in [2.45, 2.75) is 53.4 Å². The van der Waals surface area contributed by atoms with Gasteiger partial charge in [0.05, 0.1) is 24.6 Å². The molecule has 0 aromatic heterocycles. The average molecular weight is 710 g/mol. The third kappa shape index (κ3) is 16.8. The van der Waals surface area contributed by atoms with E-state index in [0.29, 0.717) is 17.9 Å². The van der Waals surface area contributed by atoms with E-state index in [1.807, 2.05) is 76.3 Å². The molecule has 4 N–H and O–H groups in total. The van der Waals surface area contributed by atoms with E-state index in [4.69, 9.17) is 26.8 Å². The van der Waals surface area contributed by atoms with Crippen LogP contribution in [0.3, 0.4) is 0 Å². The number of aryl methyl sites for hydroxylation is 1. The lowest BCUT2D eigenvalue weighted by atomic mass is 10.1. The highest BCUT2D eigenvalue weighted by Gasteiger charge is 2.13. The summed E-state index contributed by atoms with van der Waals surface area (Å²) in [4.78, 5) is 16.9. The van der Waals surface area contributed by atoms with Crippen molar-refractivity contribution >= 4 is 53.0 Å². The molecule has 0 radical (unpaired) electrons. The third-order valence-corrected chi connectivity index (χ3v) is 8.27. The number of ketones is 1. The van der Waals surface area contributed by atoms with Crippen molar-refractivity contribution in [1.29, 1.82) is 0 Å². The van der Waals surface area contributed by atoms with Gasteiger partial charge in [0.2, 0.25) is 0 Å². The lowest BCUT2D eigenvalue weighted by Gasteiger charge is -2.25. The second-order valence-corrected chi connectivity index (χ2v) is 12.4. The molecule has 12 heteroatoms. The van der Waals surface area contributed by atoms with Gasteiger partial charge in [0, 0.05) is 75.0 Å². The summed E-state index contributed by atoms with van der Waals surface area (Å²) in [5.74, 6) is 1.81. The smallest absolute Gasteiger partial charge is 0.190 e. The van der Waals surface area contributed by atoms with Gasteiger partial charge < -0.3 is 25.2 Å². The van der Waals surface area contributed by atoms with Gasteiger partial charge in [-0.15, -0.1) is 0 Å². The minimum absolute atomic E-state index is 0.0648. The van der Waals surface area contributed by atoms with Crippen molar-refractivity contribution in [3.63, 3.8) is 0 Å². The molecular formula is C37H52ClN7O3S. The van der Waals surface area contributed by atoms with Gasteiger partial charge in [-0.2, -0.15) is 5.10 Å². The number of rotatable bonds is 16. The molecular weight excluding hydrogens is 658 g/mol. The number of ether oxygens (including phenoxy) is 2. The normalized spacial score (nSPS) is 15.8. The summed E-state index contributed by atoms with van der Waals surface area (Å²) in [7, 11) is 1.67. The number of aliphatic imine (C=N–C) groups is 1. The number of morpholine rings is 1. The number of nitrogens with one attached hydrogen (secondary N) is 2. The zero-order chi connectivity index (χ0) is 36.0. The predicted molar refractivity (Wildman–Crippen MR) is 209 cm³/mol. The van der Waals surface area contributed by atoms with E-state index in [0.717, 1.165) is 79.3 Å². The van der Waals surface area contributed by atoms with Gasteiger partial charge in [0.15, 0.2) is 11.7 Å². The Balaban J connectivity index is 0.000000365. The number of carbonyl (C=O) groups excluding carboxylic acids is 1. The molecule has 0 amide bonds. The number of hydrogen-bond acceptors (Lipinski definition) is 11. The first-order chi connectivity index (χ1) is 23.6. The summed E-state index contributed by atoms with van der Waals surface area (Å²) < 4.78 is 16.9. The van der Waals surface area contributed by atoms with Crippen molar-refractivity contribution < 1.29 is 14.3 Å². The number of hydrazone groups is 1. The topological polar surface area (TPSA) is 117 Å². The van der Waals surface area contributed by atoms with E-state index < -0.39 is 0 Å². The van der Waals surface area contributed by atoms with Crippen LogP contribution in [0.4, 0.5) is 11.4 Å². The van der Waals surface area contributed by atoms with E-state index in [2.05, 4.69) is 43.7 Å². The summed E-state index contributed by atoms with van der Waals surface area (Å²) in [5.41, 5.74) is 10.2. The molecule has 10 nitrogen and oxygen atoms in total. The van der Waals surface area contributed by atoms with Crippen molar-refractivity contribution in [3.05, 3.63) is 107 Å². The number of nitrogens with two attached hydrogens (primary N) is 1. The van der Waals surface area contributed by atoms with Crippen LogP contribution in [0.15, 0.2) is 112 Å². The fourth-order valence-corrected chi connectivity index (χ4v) is 5.02. The first-order valence-electron chi connectivity index (χ1n) is 16.3. The average Bonchev–Trinajstić information content (AvgIpc) is 3.30. The highest BCUT2D eigenvalue weighted by molar-refractivity contribution is 7.98. The van der Waals surface area contributed by atoms with E-state index in [9.17, 15) is 4.79 Å². The van der Waals surface area contributed by atoms with E-state index in [-0.39, 0.29) is 12.2 Å². The Morgan fingerprint density at radius 1 is 1.31 bits per heavy atom. The summed E-state index contributed by atoms with van der Waals surface area (Å²) in [6.07, 6.45) is 17.4. The predicted octanol–water partition coefficient (Wildman–Crippen LogP) is 8.23. The molecule has 0 atom stereocenters. The molecule has 3 rings (SSSR count). The zero-order valence-corrected chi connectivity index (χ0v) is 31.1. The van der Waals surface area contributed by atoms with Crippen molar-refractivity contribution in [3.8, 4) is 0 Å². The molecule has 49 heavy (non-hydrogen) atoms. The van der Waals surface area contributed by atoms with Crippen LogP contribution in [0.5, 0.6) is 0 Å². The molecule has 1 heterocycles. The zero-order valence-electron chi connectivity index (χ0n) is 29.5. The van der Waals surface area contributed by atoms with Crippen molar-refractivity contribution in [2.24, 2.45) is 15.8 Å². The fourth-order valence-electron chi connectivity index (χ4n) is 4.09. The Morgan fingerprint density at radius 3 is 2.73 bits per heavy atom. The van der Waals surface area contributed by atoms with E-state index in [1.165, 1.54) is 16.8 Å². The third-order valence-electron chi connectivity index (χ3n) is 7.06. The largest absolute Gasteiger partial charge is 0.444 e. The van der Waals surface area contributed by atoms with Gasteiger partial charge in [-0.1, -0.05) is 60.7 Å². The van der Waals surface area contributed by atoms with Crippen LogP contribution in [-0.4, -0.2) is 67.1 Å². The minimum atomic E-state index is -0.0648. The number of Topliss-reactive ketones (excluding diaryl/α,β-unsaturated/α-hetero) is 1. The molecule has 1 fully saturated rings. The van der Waals surface area contributed by atoms with Crippen LogP contribution in [0.25, 0.3) is 0 Å². The molecule has 0 saturated carbocycles. The Bertz CT molecular complexity index is 1470. The second kappa shape index (κ2) is 23.3. The Morgan fingerprint density at radius 2 is 2.06 bits per heavy atom. The summed E-state index contributed by atoms with van der Waals surface area (Å²) in [6.45, 7) is 19.2. The number of nitrogens with zero attached hydrogens (tertiary/aromatic N) is 4. The lowest BCUT2D eigenvalue weighted by Crippen LogP contribution is -2.32. The monoisotopic (exact) mass is 709 g/mol. The number of allylic oxidation sites excluding steroid dienone is 10. The Labute approximate surface area is 302 Å². The minimum Gasteiger partial charge on any atom is -0.444 e. The number of carbonyl (C=O) groups is 1. The van der Waals surface area contributed by atoms with E-state index in [1.54, 1.807) is 25.3 Å². The van der Waals surface area contributed by atoms with Gasteiger partial charge in [-0.25, -0.2) is 4.31 Å². The Kier molecular flexibility index (Phi) is 19.6. The van der Waals surface area contributed by atoms with Crippen LogP contribution in [0.2, 0.25) is 0 Å². The maximum absolute atomic E-state index is 12.5. The second-order valence-electron chi connectivity index (χ2n) is 11.0. The van der Waals surface area contributed by atoms with Crippen molar-refractivity contribution in [1.82, 2.24) is 9.31 Å². The van der Waals surface area contributed by atoms with Crippen LogP contribution < -0.4 is 15.8 Å². The summed E-state index contributed by atoms with van der Waals surface area (Å²) >= 11 is 7.56. The van der Waals surface area contributed by atoms with Crippen LogP contribution >= 0.6 is 23.7 Å². The molecule has 266 valence electrons. The number of anilines is 2. The number of hydrogen-bond donors (Lipinski definition) is 3. The van der Waals surface area contributed by atoms with Gasteiger partial charge in [-0.05, 0) is 70.0 Å². The van der Waals surface area contributed by atoms with Gasteiger partial charge in [0.25, 0.3) is 0 Å². The molecule has 2 aliphatic rings. The molecule has 1 aliphatic carbocycles. The number of benzene rings is 1. The molecule has 0 unspecified atom stereocenters. The maximum Gasteiger partial charge on any atom is 0.190 e. The maximum atomic E-state index is 12.5. The van der Waals surface area contributed by atoms with Gasteiger partial charge in [-0.3, -0.25) is 14.8 Å². The summed E-state index contributed by atoms with van der Waals surface area (Å²) in [5, 5.41) is 9.49. The van der Waals surface area contributed by atoms with E-state index >= 15 is 0 Å². The van der Waals surface area contributed by atoms with Gasteiger partial charge in [0.1, 0.15) is 11.6 Å². The molecule has 1 saturated heterocycles. The number of halogens is 1. The van der Waals surface area contributed by atoms with Crippen LogP contribution in [0.1, 0.15) is 52.0 Å². The SMILES string of the molecule is C=C(N)N(C)/N=C\CC(=O)/C(=C/C)Nc1ccc(C)c(NSN2CCOCC2)c1.C=CC(C)=CCCC(=NCC)OC1=CCC(Cl)=CC=C1. The van der Waals surface area contributed by atoms with Crippen molar-refractivity contribution in [2.75, 3.05) is 49.9 Å². The molecule has 0 spiro atoms. The molecule has 1 aliphatic heterocycles. The first kappa shape index (κ1) is 41.1. The fraction of sp³-hybridized carbons (Fsp3) is 0.378. The molecule has 0 bridgehead atoms. The Hall–Kier alpha value is -4.03. The standard InChI is InChI=1S/C20H30N6O2S.C17H22ClNO/c1-5-18(20(27)8-9-22-25(4)16(3)21)23-17-7-6-15(2)19(14-17)24-29-26-10-12-28-13-11-26;1-4-14(3)8-6-11-17(19-5-2)20-16-10-7-9-15(18)12-13-16/h5-7,9,14,23-24H,3,8,10-13,21H2,1-2,4H3;4,7-10,13H,1,5-6,11-12H2,2-3H3/b18-5-,22-9-;. The lowest BCUT2D eigenvalue weighted by molar-refractivity contribution is -0.114. The first-order valence-corrected chi connectivity index (χ1v) is 17.5. The molecule has 1 aromatic rings. The molecule has 1 aromatic carbocycles. The van der Waals surface area contributed by atoms with Gasteiger partial charge >= 0.3 is 0 Å². The highest BCUT2D eigenvalue weighted by Crippen LogP contribution is 2.26. The summed E-state index contributed by atoms with van der Waals surface area (Å²) in [6, 6.07) is 5.97. The quantitative estimate of drug-likeness (QED) is 0.0390.